The van der Waals surface area contributed by atoms with E-state index in [4.69, 9.17) is 21.3 Å². The first-order valence-electron chi connectivity index (χ1n) is 5.98. The summed E-state index contributed by atoms with van der Waals surface area (Å²) in [5.74, 6) is 0.578. The number of anilines is 1. The fourth-order valence-electron chi connectivity index (χ4n) is 1.43. The van der Waals surface area contributed by atoms with Crippen molar-refractivity contribution in [2.45, 2.75) is 6.54 Å². The summed E-state index contributed by atoms with van der Waals surface area (Å²) in [5.41, 5.74) is -0.0710. The molecule has 0 saturated heterocycles. The van der Waals surface area contributed by atoms with E-state index >= 15 is 0 Å². The number of furan rings is 1. The Kier molecular flexibility index (Phi) is 4.96. The number of pyridine rings is 1. The van der Waals surface area contributed by atoms with Crippen molar-refractivity contribution in [2.75, 3.05) is 5.32 Å². The molecule has 2 N–H and O–H groups in total. The SMILES string of the molecule is N#C/C(=C/Nc1ccc(Cl)cn1)C(=O)NCc1ccco1. The van der Waals surface area contributed by atoms with Crippen LogP contribution in [-0.2, 0) is 11.3 Å². The van der Waals surface area contributed by atoms with E-state index in [0.717, 1.165) is 0 Å². The van der Waals surface area contributed by atoms with Gasteiger partial charge in [0.2, 0.25) is 0 Å². The molecular weight excluding hydrogens is 292 g/mol. The minimum absolute atomic E-state index is 0.0710. The van der Waals surface area contributed by atoms with Crippen molar-refractivity contribution < 1.29 is 9.21 Å². The van der Waals surface area contributed by atoms with Gasteiger partial charge < -0.3 is 15.1 Å². The number of amides is 1. The summed E-state index contributed by atoms with van der Waals surface area (Å²) >= 11 is 5.71. The molecule has 0 radical (unpaired) electrons. The van der Waals surface area contributed by atoms with E-state index in [1.807, 2.05) is 6.07 Å². The van der Waals surface area contributed by atoms with Gasteiger partial charge in [-0.05, 0) is 24.3 Å². The highest BCUT2D eigenvalue weighted by Crippen LogP contribution is 2.10. The van der Waals surface area contributed by atoms with E-state index in [9.17, 15) is 4.79 Å². The predicted octanol–water partition coefficient (Wildman–Crippen LogP) is 2.46. The fourth-order valence-corrected chi connectivity index (χ4v) is 1.54. The van der Waals surface area contributed by atoms with Gasteiger partial charge >= 0.3 is 0 Å². The minimum atomic E-state index is -0.504. The van der Waals surface area contributed by atoms with Crippen molar-refractivity contribution in [2.24, 2.45) is 0 Å². The summed E-state index contributed by atoms with van der Waals surface area (Å²) in [6.07, 6.45) is 4.25. The Hall–Kier alpha value is -2.78. The summed E-state index contributed by atoms with van der Waals surface area (Å²) in [5, 5.41) is 14.8. The van der Waals surface area contributed by atoms with Gasteiger partial charge in [-0.15, -0.1) is 0 Å². The third-order valence-electron chi connectivity index (χ3n) is 2.46. The van der Waals surface area contributed by atoms with Crippen LogP contribution in [0.3, 0.4) is 0 Å². The fraction of sp³-hybridized carbons (Fsp3) is 0.0714. The third-order valence-corrected chi connectivity index (χ3v) is 2.68. The average molecular weight is 303 g/mol. The van der Waals surface area contributed by atoms with Gasteiger partial charge in [0.1, 0.15) is 23.2 Å². The molecular formula is C14H11ClN4O2. The first-order chi connectivity index (χ1) is 10.2. The second-order valence-electron chi connectivity index (χ2n) is 3.94. The lowest BCUT2D eigenvalue weighted by atomic mass is 10.3. The number of carbonyl (C=O) groups excluding carboxylic acids is 1. The number of nitriles is 1. The number of hydrogen-bond acceptors (Lipinski definition) is 5. The molecule has 0 aliphatic rings. The quantitative estimate of drug-likeness (QED) is 0.654. The Balaban J connectivity index is 1.94. The van der Waals surface area contributed by atoms with Crippen molar-refractivity contribution in [3.63, 3.8) is 0 Å². The van der Waals surface area contributed by atoms with Crippen LogP contribution in [0.25, 0.3) is 0 Å². The molecule has 0 aromatic carbocycles. The zero-order valence-electron chi connectivity index (χ0n) is 10.8. The van der Waals surface area contributed by atoms with Gasteiger partial charge in [-0.1, -0.05) is 11.6 Å². The molecule has 2 rings (SSSR count). The van der Waals surface area contributed by atoms with Crippen LogP contribution >= 0.6 is 11.6 Å². The number of nitrogens with one attached hydrogen (secondary N) is 2. The molecule has 0 atom stereocenters. The van der Waals surface area contributed by atoms with Crippen molar-refractivity contribution in [3.05, 3.63) is 59.3 Å². The number of hydrogen-bond donors (Lipinski definition) is 2. The van der Waals surface area contributed by atoms with Gasteiger partial charge in [0, 0.05) is 12.4 Å². The molecule has 2 aromatic heterocycles. The predicted molar refractivity (Wildman–Crippen MR) is 77.1 cm³/mol. The van der Waals surface area contributed by atoms with Crippen LogP contribution in [0.4, 0.5) is 5.82 Å². The minimum Gasteiger partial charge on any atom is -0.467 e. The summed E-state index contributed by atoms with van der Waals surface area (Å²) in [6, 6.07) is 8.54. The largest absolute Gasteiger partial charge is 0.467 e. The summed E-state index contributed by atoms with van der Waals surface area (Å²) in [7, 11) is 0. The molecule has 7 heteroatoms. The highest BCUT2D eigenvalue weighted by molar-refractivity contribution is 6.30. The first kappa shape index (κ1) is 14.6. The third kappa shape index (κ3) is 4.37. The maximum atomic E-state index is 11.8. The van der Waals surface area contributed by atoms with E-state index < -0.39 is 5.91 Å². The average Bonchev–Trinajstić information content (AvgIpc) is 3.01. The Morgan fingerprint density at radius 2 is 2.33 bits per heavy atom. The van der Waals surface area contributed by atoms with Gasteiger partial charge in [-0.2, -0.15) is 5.26 Å². The second-order valence-corrected chi connectivity index (χ2v) is 4.37. The maximum Gasteiger partial charge on any atom is 0.263 e. The van der Waals surface area contributed by atoms with Crippen LogP contribution < -0.4 is 10.6 Å². The molecule has 0 unspecified atom stereocenters. The topological polar surface area (TPSA) is 91.0 Å². The lowest BCUT2D eigenvalue weighted by Crippen LogP contribution is -2.24. The molecule has 0 aliphatic heterocycles. The van der Waals surface area contributed by atoms with E-state index in [2.05, 4.69) is 15.6 Å². The molecule has 6 nitrogen and oxygen atoms in total. The van der Waals surface area contributed by atoms with Crippen molar-refractivity contribution in [1.29, 1.82) is 5.26 Å². The van der Waals surface area contributed by atoms with E-state index in [1.165, 1.54) is 18.7 Å². The zero-order chi connectivity index (χ0) is 15.1. The van der Waals surface area contributed by atoms with Crippen molar-refractivity contribution in [3.8, 4) is 6.07 Å². The normalized spacial score (nSPS) is 10.8. The summed E-state index contributed by atoms with van der Waals surface area (Å²) < 4.78 is 5.08. The van der Waals surface area contributed by atoms with Crippen molar-refractivity contribution in [1.82, 2.24) is 10.3 Å². The van der Waals surface area contributed by atoms with E-state index in [1.54, 1.807) is 24.3 Å². The van der Waals surface area contributed by atoms with E-state index in [0.29, 0.717) is 16.6 Å². The van der Waals surface area contributed by atoms with Crippen LogP contribution in [0.2, 0.25) is 5.02 Å². The zero-order valence-corrected chi connectivity index (χ0v) is 11.6. The van der Waals surface area contributed by atoms with Crippen molar-refractivity contribution >= 4 is 23.3 Å². The molecule has 21 heavy (non-hydrogen) atoms. The monoisotopic (exact) mass is 302 g/mol. The molecule has 1 amide bonds. The number of nitrogens with zero attached hydrogens (tertiary/aromatic N) is 2. The van der Waals surface area contributed by atoms with Gasteiger partial charge in [-0.25, -0.2) is 4.98 Å². The molecule has 2 heterocycles. The van der Waals surface area contributed by atoms with Gasteiger partial charge in [0.25, 0.3) is 5.91 Å². The van der Waals surface area contributed by atoms with E-state index in [-0.39, 0.29) is 12.1 Å². The van der Waals surface area contributed by atoms with Crippen LogP contribution in [0.5, 0.6) is 0 Å². The number of aromatic nitrogens is 1. The Morgan fingerprint density at radius 3 is 2.95 bits per heavy atom. The molecule has 0 spiro atoms. The lowest BCUT2D eigenvalue weighted by molar-refractivity contribution is -0.117. The summed E-state index contributed by atoms with van der Waals surface area (Å²) in [6.45, 7) is 0.212. The van der Waals surface area contributed by atoms with Gasteiger partial charge in [0.05, 0.1) is 17.8 Å². The molecule has 0 saturated carbocycles. The Morgan fingerprint density at radius 1 is 1.48 bits per heavy atom. The highest BCUT2D eigenvalue weighted by atomic mass is 35.5. The van der Waals surface area contributed by atoms with Crippen LogP contribution in [0.1, 0.15) is 5.76 Å². The molecule has 0 bridgehead atoms. The molecule has 0 aliphatic carbocycles. The maximum absolute atomic E-state index is 11.8. The Labute approximate surface area is 126 Å². The number of carbonyl (C=O) groups is 1. The highest BCUT2D eigenvalue weighted by Gasteiger charge is 2.09. The molecule has 0 fully saturated rings. The molecule has 106 valence electrons. The van der Waals surface area contributed by atoms with Gasteiger partial charge in [-0.3, -0.25) is 4.79 Å². The lowest BCUT2D eigenvalue weighted by Gasteiger charge is -2.03. The van der Waals surface area contributed by atoms with Crippen LogP contribution in [0.15, 0.2) is 52.9 Å². The summed E-state index contributed by atoms with van der Waals surface area (Å²) in [4.78, 5) is 15.8. The second kappa shape index (κ2) is 7.12. The number of rotatable bonds is 5. The van der Waals surface area contributed by atoms with Crippen LogP contribution in [-0.4, -0.2) is 10.9 Å². The van der Waals surface area contributed by atoms with Gasteiger partial charge in [0.15, 0.2) is 0 Å². The van der Waals surface area contributed by atoms with Crippen LogP contribution in [0, 0.1) is 11.3 Å². The first-order valence-corrected chi connectivity index (χ1v) is 6.36. The smallest absolute Gasteiger partial charge is 0.263 e. The standard InChI is InChI=1S/C14H11ClN4O2/c15-11-3-4-13(18-8-11)17-7-10(6-16)14(20)19-9-12-2-1-5-21-12/h1-5,7-8H,9H2,(H,17,18)(H,19,20)/b10-7-. The molecule has 2 aromatic rings. The number of halogens is 1. The Bertz CT molecular complexity index is 672.